The molecular formula is C20H14F3NO3. The first-order valence-electron chi connectivity index (χ1n) is 7.92. The van der Waals surface area contributed by atoms with Crippen LogP contribution in [0.1, 0.15) is 33.2 Å². The maximum absolute atomic E-state index is 12.7. The molecule has 0 aliphatic carbocycles. The number of hydrogen-bond acceptors (Lipinski definition) is 4. The number of ketones is 1. The van der Waals surface area contributed by atoms with Crippen molar-refractivity contribution in [2.75, 3.05) is 7.11 Å². The molecule has 4 nitrogen and oxygen atoms in total. The van der Waals surface area contributed by atoms with Gasteiger partial charge < -0.3 is 4.74 Å². The molecule has 3 rings (SSSR count). The lowest BCUT2D eigenvalue weighted by molar-refractivity contribution is -0.137. The van der Waals surface area contributed by atoms with Gasteiger partial charge in [-0.3, -0.25) is 4.79 Å². The van der Waals surface area contributed by atoms with Gasteiger partial charge >= 0.3 is 12.1 Å². The SMILES string of the molecule is COC(=O)c1ccc2c(C(C)=O)cc(-c3ccc(C(F)(F)F)cc3)nc2c1. The van der Waals surface area contributed by atoms with Gasteiger partial charge in [0.25, 0.3) is 0 Å². The summed E-state index contributed by atoms with van der Waals surface area (Å²) in [6, 6.07) is 10.7. The van der Waals surface area contributed by atoms with Crippen molar-refractivity contribution in [2.24, 2.45) is 0 Å². The Hall–Kier alpha value is -3.22. The van der Waals surface area contributed by atoms with Crippen LogP contribution in [0.4, 0.5) is 13.2 Å². The molecule has 7 heteroatoms. The monoisotopic (exact) mass is 373 g/mol. The summed E-state index contributed by atoms with van der Waals surface area (Å²) in [5, 5.41) is 0.547. The van der Waals surface area contributed by atoms with Crippen LogP contribution in [0, 0.1) is 0 Å². The smallest absolute Gasteiger partial charge is 0.416 e. The summed E-state index contributed by atoms with van der Waals surface area (Å²) < 4.78 is 42.9. The van der Waals surface area contributed by atoms with E-state index in [-0.39, 0.29) is 11.3 Å². The van der Waals surface area contributed by atoms with Crippen molar-refractivity contribution >= 4 is 22.7 Å². The summed E-state index contributed by atoms with van der Waals surface area (Å²) in [7, 11) is 1.25. The lowest BCUT2D eigenvalue weighted by atomic mass is 10.00. The van der Waals surface area contributed by atoms with Gasteiger partial charge in [-0.25, -0.2) is 9.78 Å². The molecule has 0 saturated heterocycles. The maximum Gasteiger partial charge on any atom is 0.416 e. The lowest BCUT2D eigenvalue weighted by Gasteiger charge is -2.10. The summed E-state index contributed by atoms with van der Waals surface area (Å²) in [5.41, 5.74) is 0.995. The number of alkyl halides is 3. The van der Waals surface area contributed by atoms with Crippen molar-refractivity contribution in [1.82, 2.24) is 4.98 Å². The number of hydrogen-bond donors (Lipinski definition) is 0. The maximum atomic E-state index is 12.7. The van der Waals surface area contributed by atoms with Gasteiger partial charge in [-0.05, 0) is 37.3 Å². The Bertz CT molecular complexity index is 1040. The first kappa shape index (κ1) is 18.6. The predicted molar refractivity (Wildman–Crippen MR) is 93.5 cm³/mol. The zero-order valence-corrected chi connectivity index (χ0v) is 14.4. The Morgan fingerprint density at radius 1 is 1.00 bits per heavy atom. The van der Waals surface area contributed by atoms with Gasteiger partial charge in [0, 0.05) is 16.5 Å². The number of aromatic nitrogens is 1. The average molecular weight is 373 g/mol. The van der Waals surface area contributed by atoms with Gasteiger partial charge in [0.15, 0.2) is 5.78 Å². The minimum Gasteiger partial charge on any atom is -0.465 e. The summed E-state index contributed by atoms with van der Waals surface area (Å²) in [4.78, 5) is 28.2. The Labute approximate surface area is 152 Å². The van der Waals surface area contributed by atoms with E-state index in [0.29, 0.717) is 27.7 Å². The van der Waals surface area contributed by atoms with E-state index in [9.17, 15) is 22.8 Å². The second kappa shape index (κ2) is 6.83. The molecule has 0 bridgehead atoms. The molecule has 1 heterocycles. The Balaban J connectivity index is 2.18. The van der Waals surface area contributed by atoms with E-state index in [1.54, 1.807) is 6.07 Å². The van der Waals surface area contributed by atoms with Gasteiger partial charge in [0.1, 0.15) is 0 Å². The van der Waals surface area contributed by atoms with Crippen LogP contribution >= 0.6 is 0 Å². The van der Waals surface area contributed by atoms with Gasteiger partial charge in [-0.1, -0.05) is 18.2 Å². The molecule has 0 aliphatic heterocycles. The highest BCUT2D eigenvalue weighted by atomic mass is 19.4. The van der Waals surface area contributed by atoms with Crippen LogP contribution in [0.2, 0.25) is 0 Å². The van der Waals surface area contributed by atoms with Crippen molar-refractivity contribution in [3.8, 4) is 11.3 Å². The molecule has 2 aromatic carbocycles. The average Bonchev–Trinajstić information content (AvgIpc) is 2.65. The third kappa shape index (κ3) is 3.67. The van der Waals surface area contributed by atoms with Gasteiger partial charge in [0.2, 0.25) is 0 Å². The van der Waals surface area contributed by atoms with Crippen molar-refractivity contribution in [3.63, 3.8) is 0 Å². The van der Waals surface area contributed by atoms with E-state index < -0.39 is 17.7 Å². The minimum atomic E-state index is -4.44. The number of Topliss-reactive ketones (excluding diaryl/α,β-unsaturated/α-hetero) is 1. The number of nitrogens with zero attached hydrogens (tertiary/aromatic N) is 1. The van der Waals surface area contributed by atoms with Gasteiger partial charge in [0.05, 0.1) is 29.4 Å². The molecular weight excluding hydrogens is 359 g/mol. The van der Waals surface area contributed by atoms with Crippen LogP contribution in [0.3, 0.4) is 0 Å². The third-order valence-corrected chi connectivity index (χ3v) is 4.12. The van der Waals surface area contributed by atoms with E-state index in [4.69, 9.17) is 0 Å². The van der Waals surface area contributed by atoms with E-state index in [0.717, 1.165) is 12.1 Å². The van der Waals surface area contributed by atoms with Crippen molar-refractivity contribution in [3.05, 3.63) is 65.2 Å². The molecule has 3 aromatic rings. The summed E-state index contributed by atoms with van der Waals surface area (Å²) in [5.74, 6) is -0.774. The van der Waals surface area contributed by atoms with Crippen molar-refractivity contribution in [2.45, 2.75) is 13.1 Å². The number of carbonyl (C=O) groups excluding carboxylic acids is 2. The molecule has 0 saturated carbocycles. The number of ether oxygens (including phenoxy) is 1. The van der Waals surface area contributed by atoms with E-state index >= 15 is 0 Å². The molecule has 0 amide bonds. The molecule has 0 N–H and O–H groups in total. The Morgan fingerprint density at radius 2 is 1.67 bits per heavy atom. The van der Waals surface area contributed by atoms with Crippen LogP contribution in [0.15, 0.2) is 48.5 Å². The van der Waals surface area contributed by atoms with Crippen LogP contribution in [0.25, 0.3) is 22.2 Å². The molecule has 0 spiro atoms. The van der Waals surface area contributed by atoms with Gasteiger partial charge in [-0.2, -0.15) is 13.2 Å². The van der Waals surface area contributed by atoms with Crippen molar-refractivity contribution in [1.29, 1.82) is 0 Å². The Morgan fingerprint density at radius 3 is 2.22 bits per heavy atom. The fourth-order valence-corrected chi connectivity index (χ4v) is 2.74. The molecule has 27 heavy (non-hydrogen) atoms. The van der Waals surface area contributed by atoms with E-state index in [1.807, 2.05) is 0 Å². The van der Waals surface area contributed by atoms with Crippen LogP contribution in [-0.4, -0.2) is 23.8 Å². The molecule has 0 radical (unpaired) electrons. The molecule has 1 aromatic heterocycles. The number of benzene rings is 2. The zero-order chi connectivity index (χ0) is 19.8. The molecule has 0 atom stereocenters. The Kier molecular flexibility index (Phi) is 4.70. The minimum absolute atomic E-state index is 0.221. The normalized spacial score (nSPS) is 11.4. The summed E-state index contributed by atoms with van der Waals surface area (Å²) >= 11 is 0. The lowest BCUT2D eigenvalue weighted by Crippen LogP contribution is -2.04. The molecule has 0 fully saturated rings. The largest absolute Gasteiger partial charge is 0.465 e. The van der Waals surface area contributed by atoms with Crippen molar-refractivity contribution < 1.29 is 27.5 Å². The third-order valence-electron chi connectivity index (χ3n) is 4.12. The number of esters is 1. The number of methoxy groups -OCH3 is 1. The highest BCUT2D eigenvalue weighted by Gasteiger charge is 2.30. The standard InChI is InChI=1S/C20H14F3NO3/c1-11(25)16-10-17(12-3-6-14(7-4-12)20(21,22)23)24-18-9-13(19(26)27-2)5-8-15(16)18/h3-10H,1-2H3. The first-order chi connectivity index (χ1) is 12.7. The number of rotatable bonds is 3. The molecule has 0 aliphatic rings. The number of carbonyl (C=O) groups is 2. The van der Waals surface area contributed by atoms with Crippen LogP contribution in [-0.2, 0) is 10.9 Å². The van der Waals surface area contributed by atoms with E-state index in [2.05, 4.69) is 9.72 Å². The zero-order valence-electron chi connectivity index (χ0n) is 14.4. The van der Waals surface area contributed by atoms with Gasteiger partial charge in [-0.15, -0.1) is 0 Å². The highest BCUT2D eigenvalue weighted by molar-refractivity contribution is 6.08. The molecule has 0 unspecified atom stereocenters. The number of fused-ring (bicyclic) bond motifs is 1. The summed E-state index contributed by atoms with van der Waals surface area (Å²) in [6.07, 6.45) is -4.44. The first-order valence-corrected chi connectivity index (χ1v) is 7.92. The van der Waals surface area contributed by atoms with Crippen LogP contribution in [0.5, 0.6) is 0 Å². The fourth-order valence-electron chi connectivity index (χ4n) is 2.74. The highest BCUT2D eigenvalue weighted by Crippen LogP contribution is 2.32. The predicted octanol–water partition coefficient (Wildman–Crippen LogP) is 4.91. The van der Waals surface area contributed by atoms with Crippen LogP contribution < -0.4 is 0 Å². The fraction of sp³-hybridized carbons (Fsp3) is 0.150. The number of pyridine rings is 1. The second-order valence-corrected chi connectivity index (χ2v) is 5.91. The quantitative estimate of drug-likeness (QED) is 0.484. The number of halogens is 3. The molecule has 138 valence electrons. The topological polar surface area (TPSA) is 56.3 Å². The second-order valence-electron chi connectivity index (χ2n) is 5.91. The summed E-state index contributed by atoms with van der Waals surface area (Å²) in [6.45, 7) is 1.39. The van der Waals surface area contributed by atoms with E-state index in [1.165, 1.54) is 44.4 Å².